The molecule has 1 N–H and O–H groups in total. The monoisotopic (exact) mass is 428 g/mol. The molecule has 2 aromatic carbocycles. The SMILES string of the molecule is Cc1ccc(S(=O)(=O)N(CC(=O)NC2CCCCCC2)Cc2cccc(C)c2)cc1. The maximum Gasteiger partial charge on any atom is 0.243 e. The summed E-state index contributed by atoms with van der Waals surface area (Å²) in [6.45, 7) is 3.87. The third-order valence-corrected chi connectivity index (χ3v) is 7.45. The van der Waals surface area contributed by atoms with Gasteiger partial charge in [-0.3, -0.25) is 4.79 Å². The summed E-state index contributed by atoms with van der Waals surface area (Å²) in [6, 6.07) is 14.7. The van der Waals surface area contributed by atoms with Crippen LogP contribution in [0.25, 0.3) is 0 Å². The Hall–Kier alpha value is -2.18. The molecule has 0 unspecified atom stereocenters. The van der Waals surface area contributed by atoms with Crippen molar-refractivity contribution in [1.82, 2.24) is 9.62 Å². The molecule has 1 fully saturated rings. The second kappa shape index (κ2) is 10.2. The van der Waals surface area contributed by atoms with Gasteiger partial charge in [0.05, 0.1) is 11.4 Å². The molecule has 0 bridgehead atoms. The number of sulfonamides is 1. The second-order valence-electron chi connectivity index (χ2n) is 8.33. The van der Waals surface area contributed by atoms with Crippen molar-refractivity contribution in [3.63, 3.8) is 0 Å². The first-order valence-corrected chi connectivity index (χ1v) is 12.2. The minimum atomic E-state index is -3.80. The third kappa shape index (κ3) is 6.16. The first kappa shape index (κ1) is 22.5. The number of hydrogen-bond acceptors (Lipinski definition) is 3. The van der Waals surface area contributed by atoms with E-state index in [0.29, 0.717) is 0 Å². The fourth-order valence-corrected chi connectivity index (χ4v) is 5.34. The molecule has 3 rings (SSSR count). The molecule has 0 saturated heterocycles. The first-order valence-electron chi connectivity index (χ1n) is 10.8. The summed E-state index contributed by atoms with van der Waals surface area (Å²) in [6.07, 6.45) is 6.56. The third-order valence-electron chi connectivity index (χ3n) is 5.64. The number of aryl methyl sites for hydroxylation is 2. The van der Waals surface area contributed by atoms with Gasteiger partial charge in [0.15, 0.2) is 0 Å². The Morgan fingerprint density at radius 3 is 2.27 bits per heavy atom. The van der Waals surface area contributed by atoms with Crippen molar-refractivity contribution in [2.24, 2.45) is 0 Å². The molecule has 0 aromatic heterocycles. The van der Waals surface area contributed by atoms with E-state index in [0.717, 1.165) is 42.4 Å². The van der Waals surface area contributed by atoms with Crippen molar-refractivity contribution in [1.29, 1.82) is 0 Å². The molecule has 162 valence electrons. The van der Waals surface area contributed by atoms with Crippen LogP contribution in [0.3, 0.4) is 0 Å². The highest BCUT2D eigenvalue weighted by Gasteiger charge is 2.28. The number of hydrogen-bond donors (Lipinski definition) is 1. The summed E-state index contributed by atoms with van der Waals surface area (Å²) in [5.41, 5.74) is 2.92. The Morgan fingerprint density at radius 2 is 1.63 bits per heavy atom. The first-order chi connectivity index (χ1) is 14.3. The summed E-state index contributed by atoms with van der Waals surface area (Å²) in [7, 11) is -3.80. The van der Waals surface area contributed by atoms with Gasteiger partial charge in [-0.05, 0) is 44.4 Å². The number of rotatable bonds is 7. The quantitative estimate of drug-likeness (QED) is 0.668. The van der Waals surface area contributed by atoms with Gasteiger partial charge in [-0.15, -0.1) is 0 Å². The summed E-state index contributed by atoms with van der Waals surface area (Å²) in [5.74, 6) is -0.231. The lowest BCUT2D eigenvalue weighted by Crippen LogP contribution is -2.43. The average molecular weight is 429 g/mol. The van der Waals surface area contributed by atoms with Gasteiger partial charge in [0.25, 0.3) is 0 Å². The van der Waals surface area contributed by atoms with Crippen LogP contribution in [0.15, 0.2) is 53.4 Å². The zero-order chi connectivity index (χ0) is 21.6. The summed E-state index contributed by atoms with van der Waals surface area (Å²) in [4.78, 5) is 13.0. The molecule has 2 aromatic rings. The molecule has 0 aliphatic heterocycles. The zero-order valence-electron chi connectivity index (χ0n) is 17.9. The van der Waals surface area contributed by atoms with Gasteiger partial charge in [0.2, 0.25) is 15.9 Å². The van der Waals surface area contributed by atoms with E-state index in [1.807, 2.05) is 38.1 Å². The Bertz CT molecular complexity index is 947. The maximum atomic E-state index is 13.4. The van der Waals surface area contributed by atoms with Gasteiger partial charge in [-0.1, -0.05) is 73.2 Å². The van der Waals surface area contributed by atoms with E-state index in [4.69, 9.17) is 0 Å². The van der Waals surface area contributed by atoms with Gasteiger partial charge >= 0.3 is 0 Å². The minimum Gasteiger partial charge on any atom is -0.352 e. The highest BCUT2D eigenvalue weighted by atomic mass is 32.2. The van der Waals surface area contributed by atoms with Crippen LogP contribution in [0.2, 0.25) is 0 Å². The van der Waals surface area contributed by atoms with Gasteiger partial charge in [-0.2, -0.15) is 4.31 Å². The van der Waals surface area contributed by atoms with Crippen molar-refractivity contribution in [2.45, 2.75) is 69.9 Å². The van der Waals surface area contributed by atoms with E-state index in [1.54, 1.807) is 24.3 Å². The van der Waals surface area contributed by atoms with Gasteiger partial charge in [0, 0.05) is 12.6 Å². The van der Waals surface area contributed by atoms with Crippen LogP contribution in [0, 0.1) is 13.8 Å². The van der Waals surface area contributed by atoms with Crippen LogP contribution in [-0.4, -0.2) is 31.2 Å². The van der Waals surface area contributed by atoms with Crippen molar-refractivity contribution < 1.29 is 13.2 Å². The molecule has 1 aliphatic carbocycles. The van der Waals surface area contributed by atoms with E-state index in [2.05, 4.69) is 5.32 Å². The maximum absolute atomic E-state index is 13.4. The van der Waals surface area contributed by atoms with E-state index in [1.165, 1.54) is 17.1 Å². The van der Waals surface area contributed by atoms with Crippen molar-refractivity contribution in [2.75, 3.05) is 6.54 Å². The van der Waals surface area contributed by atoms with Gasteiger partial charge in [-0.25, -0.2) is 8.42 Å². The topological polar surface area (TPSA) is 66.5 Å². The molecule has 6 heteroatoms. The van der Waals surface area contributed by atoms with Crippen LogP contribution in [0.5, 0.6) is 0 Å². The summed E-state index contributed by atoms with van der Waals surface area (Å²) < 4.78 is 28.0. The lowest BCUT2D eigenvalue weighted by molar-refractivity contribution is -0.122. The molecular formula is C24H32N2O3S. The van der Waals surface area contributed by atoms with Crippen LogP contribution in [-0.2, 0) is 21.4 Å². The van der Waals surface area contributed by atoms with Crippen LogP contribution < -0.4 is 5.32 Å². The minimum absolute atomic E-state index is 0.142. The zero-order valence-corrected chi connectivity index (χ0v) is 18.7. The van der Waals surface area contributed by atoms with E-state index in [-0.39, 0.29) is 29.9 Å². The van der Waals surface area contributed by atoms with Crippen LogP contribution in [0.4, 0.5) is 0 Å². The molecule has 0 heterocycles. The lowest BCUT2D eigenvalue weighted by Gasteiger charge is -2.24. The number of carbonyl (C=O) groups is 1. The van der Waals surface area contributed by atoms with E-state index in [9.17, 15) is 13.2 Å². The molecule has 30 heavy (non-hydrogen) atoms. The number of nitrogens with one attached hydrogen (secondary N) is 1. The van der Waals surface area contributed by atoms with Gasteiger partial charge < -0.3 is 5.32 Å². The standard InChI is InChI=1S/C24H32N2O3S/c1-19-12-14-23(15-13-19)30(28,29)26(17-21-9-7-8-20(2)16-21)18-24(27)25-22-10-5-3-4-6-11-22/h7-9,12-16,22H,3-6,10-11,17-18H2,1-2H3,(H,25,27). The van der Waals surface area contributed by atoms with Crippen molar-refractivity contribution in [3.8, 4) is 0 Å². The van der Waals surface area contributed by atoms with Crippen molar-refractivity contribution in [3.05, 3.63) is 65.2 Å². The summed E-state index contributed by atoms with van der Waals surface area (Å²) in [5, 5.41) is 3.07. The van der Waals surface area contributed by atoms with Gasteiger partial charge in [0.1, 0.15) is 0 Å². The fraction of sp³-hybridized carbons (Fsp3) is 0.458. The second-order valence-corrected chi connectivity index (χ2v) is 10.3. The molecule has 1 aliphatic rings. The highest BCUT2D eigenvalue weighted by molar-refractivity contribution is 7.89. The Kier molecular flexibility index (Phi) is 7.67. The van der Waals surface area contributed by atoms with E-state index < -0.39 is 10.0 Å². The normalized spacial score (nSPS) is 15.7. The fourth-order valence-electron chi connectivity index (χ4n) is 3.96. The largest absolute Gasteiger partial charge is 0.352 e. The number of amides is 1. The summed E-state index contributed by atoms with van der Waals surface area (Å²) >= 11 is 0. The molecule has 1 saturated carbocycles. The Labute approximate surface area is 180 Å². The molecule has 5 nitrogen and oxygen atoms in total. The molecule has 0 spiro atoms. The van der Waals surface area contributed by atoms with Crippen molar-refractivity contribution >= 4 is 15.9 Å². The molecule has 0 radical (unpaired) electrons. The smallest absolute Gasteiger partial charge is 0.243 e. The Balaban J connectivity index is 1.81. The lowest BCUT2D eigenvalue weighted by atomic mass is 10.1. The number of benzene rings is 2. The molecular weight excluding hydrogens is 396 g/mol. The number of nitrogens with zero attached hydrogens (tertiary/aromatic N) is 1. The van der Waals surface area contributed by atoms with Crippen LogP contribution in [0.1, 0.15) is 55.2 Å². The Morgan fingerprint density at radius 1 is 0.967 bits per heavy atom. The highest BCUT2D eigenvalue weighted by Crippen LogP contribution is 2.20. The molecule has 0 atom stereocenters. The number of carbonyl (C=O) groups excluding carboxylic acids is 1. The predicted molar refractivity (Wildman–Crippen MR) is 120 cm³/mol. The molecule has 1 amide bonds. The van der Waals surface area contributed by atoms with Crippen LogP contribution >= 0.6 is 0 Å². The average Bonchev–Trinajstić information content (AvgIpc) is 2.96. The van der Waals surface area contributed by atoms with E-state index >= 15 is 0 Å². The predicted octanol–water partition coefficient (Wildman–Crippen LogP) is 4.33.